The first kappa shape index (κ1) is 14.3. The summed E-state index contributed by atoms with van der Waals surface area (Å²) in [6, 6.07) is 7.25. The van der Waals surface area contributed by atoms with E-state index in [1.165, 1.54) is 6.26 Å². The van der Waals surface area contributed by atoms with Gasteiger partial charge >= 0.3 is 0 Å². The Hall–Kier alpha value is -1.07. The highest BCUT2D eigenvalue weighted by atomic mass is 32.2. The third kappa shape index (κ3) is 3.94. The molecular formula is C14H20O4S. The molecule has 1 N–H and O–H groups in total. The molecule has 1 aliphatic rings. The fourth-order valence-corrected chi connectivity index (χ4v) is 3.62. The number of hydrogen-bond donors (Lipinski definition) is 1. The average molecular weight is 284 g/mol. The fraction of sp³-hybridized carbons (Fsp3) is 0.571. The minimum Gasteiger partial charge on any atom is -0.490 e. The summed E-state index contributed by atoms with van der Waals surface area (Å²) in [5.74, 6) is 0.733. The number of hydrogen-bond acceptors (Lipinski definition) is 4. The maximum Gasteiger partial charge on any atom is 0.150 e. The minimum absolute atomic E-state index is 0.0138. The predicted molar refractivity (Wildman–Crippen MR) is 73.9 cm³/mol. The molecule has 2 rings (SSSR count). The maximum absolute atomic E-state index is 11.6. The van der Waals surface area contributed by atoms with Gasteiger partial charge in [-0.05, 0) is 37.0 Å². The first-order valence-corrected chi connectivity index (χ1v) is 8.50. The summed E-state index contributed by atoms with van der Waals surface area (Å²) < 4.78 is 29.0. The molecule has 5 heteroatoms. The minimum atomic E-state index is -2.97. The Kier molecular flexibility index (Phi) is 4.47. The number of rotatable bonds is 4. The Morgan fingerprint density at radius 1 is 1.26 bits per heavy atom. The Labute approximate surface area is 114 Å². The molecule has 1 aliphatic carbocycles. The lowest BCUT2D eigenvalue weighted by Crippen LogP contribution is -2.33. The van der Waals surface area contributed by atoms with Crippen LogP contribution in [0.4, 0.5) is 0 Å². The van der Waals surface area contributed by atoms with Gasteiger partial charge in [0.15, 0.2) is 0 Å². The molecule has 19 heavy (non-hydrogen) atoms. The predicted octanol–water partition coefficient (Wildman–Crippen LogP) is 1.91. The lowest BCUT2D eigenvalue weighted by atomic mass is 9.97. The summed E-state index contributed by atoms with van der Waals surface area (Å²) in [5.41, 5.74) is 0.838. The van der Waals surface area contributed by atoms with Crippen LogP contribution in [0.15, 0.2) is 24.3 Å². The van der Waals surface area contributed by atoms with Crippen molar-refractivity contribution in [1.29, 1.82) is 0 Å². The smallest absolute Gasteiger partial charge is 0.150 e. The number of aliphatic hydroxyl groups is 1. The second-order valence-corrected chi connectivity index (χ2v) is 7.49. The Morgan fingerprint density at radius 3 is 2.53 bits per heavy atom. The molecule has 0 radical (unpaired) electrons. The van der Waals surface area contributed by atoms with Gasteiger partial charge in [-0.15, -0.1) is 0 Å². The molecular weight excluding hydrogens is 264 g/mol. The topological polar surface area (TPSA) is 63.6 Å². The van der Waals surface area contributed by atoms with Crippen molar-refractivity contribution in [2.75, 3.05) is 6.26 Å². The Bertz CT molecular complexity index is 507. The van der Waals surface area contributed by atoms with Crippen LogP contribution in [-0.2, 0) is 16.4 Å². The van der Waals surface area contributed by atoms with Crippen molar-refractivity contribution >= 4 is 9.84 Å². The van der Waals surface area contributed by atoms with E-state index in [1.54, 1.807) is 0 Å². The third-order valence-electron chi connectivity index (χ3n) is 3.59. The monoisotopic (exact) mass is 284 g/mol. The molecule has 0 bridgehead atoms. The van der Waals surface area contributed by atoms with E-state index in [4.69, 9.17) is 9.84 Å². The highest BCUT2D eigenvalue weighted by Crippen LogP contribution is 2.27. The van der Waals surface area contributed by atoms with Crippen molar-refractivity contribution < 1.29 is 18.3 Å². The lowest BCUT2D eigenvalue weighted by Gasteiger charge is -2.28. The van der Waals surface area contributed by atoms with Gasteiger partial charge < -0.3 is 9.84 Å². The van der Waals surface area contributed by atoms with Crippen molar-refractivity contribution in [1.82, 2.24) is 0 Å². The summed E-state index contributed by atoms with van der Waals surface area (Å²) in [4.78, 5) is 0. The zero-order valence-electron chi connectivity index (χ0n) is 11.1. The number of ether oxygens (including phenoxy) is 1. The molecule has 0 heterocycles. The Balaban J connectivity index is 1.98. The van der Waals surface area contributed by atoms with Crippen LogP contribution in [0.3, 0.4) is 0 Å². The number of aliphatic hydroxyl groups excluding tert-OH is 1. The van der Waals surface area contributed by atoms with Crippen molar-refractivity contribution in [2.45, 2.75) is 43.6 Å². The van der Waals surface area contributed by atoms with Crippen LogP contribution in [0.1, 0.15) is 31.2 Å². The van der Waals surface area contributed by atoms with E-state index in [1.807, 2.05) is 24.3 Å². The molecule has 0 spiro atoms. The van der Waals surface area contributed by atoms with Crippen LogP contribution in [0.2, 0.25) is 0 Å². The Morgan fingerprint density at radius 2 is 1.95 bits per heavy atom. The molecule has 4 nitrogen and oxygen atoms in total. The third-order valence-corrected chi connectivity index (χ3v) is 5.23. The lowest BCUT2D eigenvalue weighted by molar-refractivity contribution is 0.156. The fourth-order valence-electron chi connectivity index (χ4n) is 2.46. The summed E-state index contributed by atoms with van der Waals surface area (Å²) >= 11 is 0. The molecule has 106 valence electrons. The molecule has 1 aromatic rings. The summed E-state index contributed by atoms with van der Waals surface area (Å²) in [6.07, 6.45) is 4.36. The highest BCUT2D eigenvalue weighted by molar-refractivity contribution is 7.91. The van der Waals surface area contributed by atoms with Gasteiger partial charge in [0.25, 0.3) is 0 Å². The van der Waals surface area contributed by atoms with Gasteiger partial charge in [0, 0.05) is 12.7 Å². The van der Waals surface area contributed by atoms with Crippen LogP contribution < -0.4 is 4.74 Å². The van der Waals surface area contributed by atoms with Crippen molar-refractivity contribution in [3.8, 4) is 5.75 Å². The van der Waals surface area contributed by atoms with Gasteiger partial charge in [0.05, 0.1) is 18.0 Å². The van der Waals surface area contributed by atoms with Gasteiger partial charge in [0.1, 0.15) is 15.6 Å². The average Bonchev–Trinajstić information content (AvgIpc) is 2.39. The normalized spacial score (nSPS) is 24.1. The molecule has 1 saturated carbocycles. The summed E-state index contributed by atoms with van der Waals surface area (Å²) in [5, 5.41) is 8.69. The molecule has 2 unspecified atom stereocenters. The van der Waals surface area contributed by atoms with Crippen molar-refractivity contribution in [3.05, 3.63) is 29.8 Å². The van der Waals surface area contributed by atoms with Crippen LogP contribution >= 0.6 is 0 Å². The van der Waals surface area contributed by atoms with E-state index in [2.05, 4.69) is 0 Å². The van der Waals surface area contributed by atoms with Crippen molar-refractivity contribution in [2.24, 2.45) is 0 Å². The first-order valence-electron chi connectivity index (χ1n) is 6.54. The highest BCUT2D eigenvalue weighted by Gasteiger charge is 2.29. The second kappa shape index (κ2) is 5.92. The molecule has 0 aromatic heterocycles. The van der Waals surface area contributed by atoms with Gasteiger partial charge in [-0.2, -0.15) is 0 Å². The SMILES string of the molecule is CS(=O)(=O)C1CCCC(Oc2ccc(CO)cc2)C1. The van der Waals surface area contributed by atoms with E-state index in [9.17, 15) is 8.42 Å². The van der Waals surface area contributed by atoms with Crippen LogP contribution in [0, 0.1) is 0 Å². The second-order valence-electron chi connectivity index (χ2n) is 5.16. The van der Waals surface area contributed by atoms with Gasteiger partial charge in [-0.1, -0.05) is 12.1 Å². The van der Waals surface area contributed by atoms with Crippen LogP contribution in [0.5, 0.6) is 5.75 Å². The largest absolute Gasteiger partial charge is 0.490 e. The molecule has 1 aromatic carbocycles. The number of benzene rings is 1. The molecule has 0 aliphatic heterocycles. The van der Waals surface area contributed by atoms with Gasteiger partial charge in [0.2, 0.25) is 0 Å². The van der Waals surface area contributed by atoms with Gasteiger partial charge in [-0.25, -0.2) is 8.42 Å². The zero-order valence-corrected chi connectivity index (χ0v) is 11.9. The number of sulfone groups is 1. The summed E-state index contributed by atoms with van der Waals surface area (Å²) in [6.45, 7) is 0.0138. The van der Waals surface area contributed by atoms with Crippen LogP contribution in [-0.4, -0.2) is 31.1 Å². The quantitative estimate of drug-likeness (QED) is 0.917. The maximum atomic E-state index is 11.6. The van der Waals surface area contributed by atoms with E-state index in [0.717, 1.165) is 30.6 Å². The standard InChI is InChI=1S/C14H20O4S/c1-19(16,17)14-4-2-3-13(9-14)18-12-7-5-11(10-15)6-8-12/h5-8,13-15H,2-4,9-10H2,1H3. The van der Waals surface area contributed by atoms with Crippen LogP contribution in [0.25, 0.3) is 0 Å². The first-order chi connectivity index (χ1) is 8.99. The van der Waals surface area contributed by atoms with E-state index in [-0.39, 0.29) is 18.0 Å². The molecule has 0 amide bonds. The van der Waals surface area contributed by atoms with E-state index >= 15 is 0 Å². The molecule has 2 atom stereocenters. The van der Waals surface area contributed by atoms with E-state index in [0.29, 0.717) is 6.42 Å². The summed E-state index contributed by atoms with van der Waals surface area (Å²) in [7, 11) is -2.97. The van der Waals surface area contributed by atoms with Gasteiger partial charge in [-0.3, -0.25) is 0 Å². The molecule has 1 fully saturated rings. The van der Waals surface area contributed by atoms with E-state index < -0.39 is 9.84 Å². The zero-order chi connectivity index (χ0) is 13.9. The van der Waals surface area contributed by atoms with Crippen molar-refractivity contribution in [3.63, 3.8) is 0 Å². The molecule has 0 saturated heterocycles.